The van der Waals surface area contributed by atoms with Crippen molar-refractivity contribution >= 4 is 67.5 Å². The predicted molar refractivity (Wildman–Crippen MR) is 122 cm³/mol. The van der Waals surface area contributed by atoms with Gasteiger partial charge in [-0.2, -0.15) is 4.80 Å². The molecule has 2 N–H and O–H groups in total. The van der Waals surface area contributed by atoms with Gasteiger partial charge in [-0.15, -0.1) is 10.2 Å². The zero-order chi connectivity index (χ0) is 20.4. The number of benzene rings is 3. The monoisotopic (exact) mass is 485 g/mol. The van der Waals surface area contributed by atoms with E-state index in [0.29, 0.717) is 21.8 Å². The molecule has 3 aromatic carbocycles. The number of halogens is 2. The summed E-state index contributed by atoms with van der Waals surface area (Å²) in [6.45, 7) is 0. The van der Waals surface area contributed by atoms with E-state index in [1.165, 1.54) is 0 Å². The van der Waals surface area contributed by atoms with Gasteiger partial charge in [-0.05, 0) is 78.9 Å². The van der Waals surface area contributed by atoms with E-state index >= 15 is 0 Å². The Balaban J connectivity index is 1.47. The maximum Gasteiger partial charge on any atom is 0.257 e. The van der Waals surface area contributed by atoms with Crippen molar-refractivity contribution in [2.45, 2.75) is 0 Å². The number of hydrogen-bond donors (Lipinski definition) is 2. The SMILES string of the molecule is O=C(NC(=S)Nc1ccc2nn(-c3ccc(Cl)cc3)nc2c1)c1ccc(Br)cc1. The number of thiocarbonyl (C=S) groups is 1. The third-order valence-corrected chi connectivity index (χ3v) is 5.01. The summed E-state index contributed by atoms with van der Waals surface area (Å²) >= 11 is 14.5. The van der Waals surface area contributed by atoms with Crippen LogP contribution in [0.3, 0.4) is 0 Å². The van der Waals surface area contributed by atoms with Crippen LogP contribution in [0.15, 0.2) is 71.2 Å². The maximum atomic E-state index is 12.3. The molecule has 0 saturated heterocycles. The molecule has 0 spiro atoms. The van der Waals surface area contributed by atoms with Gasteiger partial charge < -0.3 is 5.32 Å². The molecule has 0 fully saturated rings. The molecule has 1 amide bonds. The highest BCUT2D eigenvalue weighted by Crippen LogP contribution is 2.19. The first kappa shape index (κ1) is 19.5. The first-order chi connectivity index (χ1) is 14.0. The lowest BCUT2D eigenvalue weighted by Gasteiger charge is -2.09. The molecule has 29 heavy (non-hydrogen) atoms. The van der Waals surface area contributed by atoms with Crippen LogP contribution in [0.4, 0.5) is 5.69 Å². The predicted octanol–water partition coefficient (Wildman–Crippen LogP) is 4.96. The number of carbonyl (C=O) groups is 1. The molecule has 0 atom stereocenters. The molecule has 1 heterocycles. The van der Waals surface area contributed by atoms with Gasteiger partial charge in [0.2, 0.25) is 0 Å². The zero-order valence-electron chi connectivity index (χ0n) is 14.8. The Hall–Kier alpha value is -2.81. The Labute approximate surface area is 185 Å². The second-order valence-electron chi connectivity index (χ2n) is 6.08. The quantitative estimate of drug-likeness (QED) is 0.400. The van der Waals surface area contributed by atoms with Gasteiger partial charge in [-0.3, -0.25) is 10.1 Å². The molecular weight excluding hydrogens is 474 g/mol. The molecule has 144 valence electrons. The molecule has 0 unspecified atom stereocenters. The van der Waals surface area contributed by atoms with E-state index in [0.717, 1.165) is 15.7 Å². The van der Waals surface area contributed by atoms with Crippen LogP contribution in [-0.2, 0) is 0 Å². The Morgan fingerprint density at radius 2 is 1.66 bits per heavy atom. The van der Waals surface area contributed by atoms with Gasteiger partial charge in [0.25, 0.3) is 5.91 Å². The van der Waals surface area contributed by atoms with Crippen LogP contribution in [0.5, 0.6) is 0 Å². The number of hydrogen-bond acceptors (Lipinski definition) is 4. The first-order valence-electron chi connectivity index (χ1n) is 8.49. The number of carbonyl (C=O) groups excluding carboxylic acids is 1. The lowest BCUT2D eigenvalue weighted by Crippen LogP contribution is -2.34. The number of rotatable bonds is 3. The molecule has 0 bridgehead atoms. The molecule has 9 heteroatoms. The minimum atomic E-state index is -0.287. The Bertz CT molecular complexity index is 1210. The van der Waals surface area contributed by atoms with Crippen LogP contribution in [0, 0.1) is 0 Å². The van der Waals surface area contributed by atoms with Gasteiger partial charge in [0.1, 0.15) is 11.0 Å². The molecule has 6 nitrogen and oxygen atoms in total. The average Bonchev–Trinajstić information content (AvgIpc) is 3.12. The standard InChI is InChI=1S/C20H13BrClN5OS/c21-13-3-1-12(2-4-13)19(28)24-20(29)23-15-7-10-17-18(11-15)26-27(25-17)16-8-5-14(22)6-9-16/h1-11H,(H2,23,24,28,29). The normalized spacial score (nSPS) is 10.7. The van der Waals surface area contributed by atoms with E-state index < -0.39 is 0 Å². The third kappa shape index (κ3) is 4.61. The van der Waals surface area contributed by atoms with Crippen molar-refractivity contribution in [1.29, 1.82) is 0 Å². The van der Waals surface area contributed by atoms with Crippen LogP contribution < -0.4 is 10.6 Å². The number of nitrogens with zero attached hydrogens (tertiary/aromatic N) is 3. The highest BCUT2D eigenvalue weighted by atomic mass is 79.9. The highest BCUT2D eigenvalue weighted by molar-refractivity contribution is 9.10. The van der Waals surface area contributed by atoms with E-state index in [1.807, 2.05) is 30.3 Å². The van der Waals surface area contributed by atoms with Crippen LogP contribution in [0.1, 0.15) is 10.4 Å². The maximum absolute atomic E-state index is 12.3. The van der Waals surface area contributed by atoms with Crippen LogP contribution in [0.2, 0.25) is 5.02 Å². The van der Waals surface area contributed by atoms with Gasteiger partial charge in [0.05, 0.1) is 5.69 Å². The number of fused-ring (bicyclic) bond motifs is 1. The van der Waals surface area contributed by atoms with Crippen molar-refractivity contribution in [2.24, 2.45) is 0 Å². The third-order valence-electron chi connectivity index (χ3n) is 4.03. The second kappa shape index (κ2) is 8.28. The van der Waals surface area contributed by atoms with E-state index in [9.17, 15) is 4.79 Å². The molecule has 0 aliphatic carbocycles. The van der Waals surface area contributed by atoms with Crippen molar-refractivity contribution < 1.29 is 4.79 Å². The van der Waals surface area contributed by atoms with Gasteiger partial charge in [-0.25, -0.2) is 0 Å². The summed E-state index contributed by atoms with van der Waals surface area (Å²) in [7, 11) is 0. The highest BCUT2D eigenvalue weighted by Gasteiger charge is 2.10. The number of amides is 1. The smallest absolute Gasteiger partial charge is 0.257 e. The number of nitrogens with one attached hydrogen (secondary N) is 2. The van der Waals surface area contributed by atoms with Crippen LogP contribution >= 0.6 is 39.7 Å². The second-order valence-corrected chi connectivity index (χ2v) is 7.84. The topological polar surface area (TPSA) is 71.8 Å². The van der Waals surface area contributed by atoms with Gasteiger partial charge in [0, 0.05) is 20.7 Å². The Morgan fingerprint density at radius 1 is 0.966 bits per heavy atom. The summed E-state index contributed by atoms with van der Waals surface area (Å²) in [5.41, 5.74) is 3.43. The largest absolute Gasteiger partial charge is 0.332 e. The summed E-state index contributed by atoms with van der Waals surface area (Å²) in [4.78, 5) is 13.8. The van der Waals surface area contributed by atoms with Crippen molar-refractivity contribution in [3.05, 3.63) is 81.8 Å². The number of anilines is 1. The van der Waals surface area contributed by atoms with Gasteiger partial charge in [-0.1, -0.05) is 27.5 Å². The Kier molecular flexibility index (Phi) is 5.57. The molecule has 1 aromatic heterocycles. The van der Waals surface area contributed by atoms with Crippen molar-refractivity contribution in [2.75, 3.05) is 5.32 Å². The fourth-order valence-corrected chi connectivity index (χ4v) is 3.22. The molecule has 0 radical (unpaired) electrons. The Morgan fingerprint density at radius 3 is 2.38 bits per heavy atom. The summed E-state index contributed by atoms with van der Waals surface area (Å²) in [6.07, 6.45) is 0. The van der Waals surface area contributed by atoms with E-state index in [4.69, 9.17) is 23.8 Å². The molecule has 0 saturated carbocycles. The summed E-state index contributed by atoms with van der Waals surface area (Å²) < 4.78 is 0.898. The minimum Gasteiger partial charge on any atom is -0.332 e. The van der Waals surface area contributed by atoms with E-state index in [2.05, 4.69) is 36.8 Å². The average molecular weight is 487 g/mol. The fraction of sp³-hybridized carbons (Fsp3) is 0. The minimum absolute atomic E-state index is 0.197. The number of aromatic nitrogens is 3. The van der Waals surface area contributed by atoms with Gasteiger partial charge in [0.15, 0.2) is 5.11 Å². The molecule has 4 rings (SSSR count). The molecular formula is C20H13BrClN5OS. The molecule has 0 aliphatic rings. The van der Waals surface area contributed by atoms with E-state index in [-0.39, 0.29) is 11.0 Å². The van der Waals surface area contributed by atoms with E-state index in [1.54, 1.807) is 41.2 Å². The van der Waals surface area contributed by atoms with Crippen molar-refractivity contribution in [3.8, 4) is 5.69 Å². The molecule has 0 aliphatic heterocycles. The lowest BCUT2D eigenvalue weighted by molar-refractivity contribution is 0.0977. The summed E-state index contributed by atoms with van der Waals surface area (Å²) in [5, 5.41) is 15.4. The van der Waals surface area contributed by atoms with Crippen molar-refractivity contribution in [3.63, 3.8) is 0 Å². The first-order valence-corrected chi connectivity index (χ1v) is 10.1. The lowest BCUT2D eigenvalue weighted by atomic mass is 10.2. The van der Waals surface area contributed by atoms with Gasteiger partial charge >= 0.3 is 0 Å². The van der Waals surface area contributed by atoms with Crippen LogP contribution in [-0.4, -0.2) is 26.0 Å². The summed E-state index contributed by atoms with van der Waals surface area (Å²) in [5.74, 6) is -0.287. The van der Waals surface area contributed by atoms with Crippen molar-refractivity contribution in [1.82, 2.24) is 20.3 Å². The summed E-state index contributed by atoms with van der Waals surface area (Å²) in [6, 6.07) is 19.7. The van der Waals surface area contributed by atoms with Crippen LogP contribution in [0.25, 0.3) is 16.7 Å². The zero-order valence-corrected chi connectivity index (χ0v) is 17.9. The molecule has 4 aromatic rings. The fourth-order valence-electron chi connectivity index (χ4n) is 2.62.